The number of aryl methyl sites for hydroxylation is 2. The Hall–Kier alpha value is -2.27. The molecule has 0 aliphatic carbocycles. The molecule has 3 rings (SSSR count). The summed E-state index contributed by atoms with van der Waals surface area (Å²) < 4.78 is 6.91. The fourth-order valence-corrected chi connectivity index (χ4v) is 4.01. The zero-order valence-corrected chi connectivity index (χ0v) is 17.2. The number of carboxylic acid groups (broad SMARTS) is 1. The van der Waals surface area contributed by atoms with Crippen LogP contribution in [-0.2, 0) is 17.6 Å². The fraction of sp³-hybridized carbons (Fsp3) is 0.318. The summed E-state index contributed by atoms with van der Waals surface area (Å²) in [6.45, 7) is 4.14. The highest BCUT2D eigenvalue weighted by Crippen LogP contribution is 2.35. The molecule has 1 heterocycles. The van der Waals surface area contributed by atoms with Gasteiger partial charge in [0.05, 0.1) is 10.9 Å². The number of carboxylic acids is 1. The van der Waals surface area contributed by atoms with Gasteiger partial charge in [0.15, 0.2) is 0 Å². The van der Waals surface area contributed by atoms with E-state index < -0.39 is 5.97 Å². The number of rotatable bonds is 8. The monoisotopic (exact) mass is 429 g/mol. The summed E-state index contributed by atoms with van der Waals surface area (Å²) in [6.07, 6.45) is 6.77. The van der Waals surface area contributed by atoms with Gasteiger partial charge in [-0.3, -0.25) is 4.79 Å². The van der Waals surface area contributed by atoms with Crippen molar-refractivity contribution in [2.24, 2.45) is 0 Å². The van der Waals surface area contributed by atoms with Crippen molar-refractivity contribution in [1.29, 1.82) is 0 Å². The second-order valence-corrected chi connectivity index (χ2v) is 7.73. The summed E-state index contributed by atoms with van der Waals surface area (Å²) in [6, 6.07) is 9.73. The van der Waals surface area contributed by atoms with E-state index in [2.05, 4.69) is 40.1 Å². The van der Waals surface area contributed by atoms with Crippen molar-refractivity contribution in [3.05, 3.63) is 57.7 Å². The number of benzene rings is 2. The number of halogens is 1. The van der Waals surface area contributed by atoms with Gasteiger partial charge in [-0.05, 0) is 76.7 Å². The molecule has 4 nitrogen and oxygen atoms in total. The van der Waals surface area contributed by atoms with Crippen LogP contribution in [0.15, 0.2) is 41.0 Å². The van der Waals surface area contributed by atoms with E-state index in [0.29, 0.717) is 5.75 Å². The largest absolute Gasteiger partial charge is 0.481 e. The average molecular weight is 430 g/mol. The van der Waals surface area contributed by atoms with Crippen LogP contribution in [0.3, 0.4) is 0 Å². The van der Waals surface area contributed by atoms with E-state index in [-0.39, 0.29) is 6.42 Å². The molecule has 0 saturated heterocycles. The highest BCUT2D eigenvalue weighted by molar-refractivity contribution is 9.10. The van der Waals surface area contributed by atoms with Crippen molar-refractivity contribution in [2.45, 2.75) is 46.0 Å². The molecule has 0 radical (unpaired) electrons. The predicted molar refractivity (Wildman–Crippen MR) is 112 cm³/mol. The second kappa shape index (κ2) is 8.61. The number of ether oxygens (including phenoxy) is 1. The molecule has 0 amide bonds. The van der Waals surface area contributed by atoms with Crippen molar-refractivity contribution in [1.82, 2.24) is 4.98 Å². The first-order chi connectivity index (χ1) is 13.0. The molecule has 0 spiro atoms. The Balaban J connectivity index is 1.86. The average Bonchev–Trinajstić information content (AvgIpc) is 3.00. The molecule has 0 atom stereocenters. The Morgan fingerprint density at radius 3 is 2.74 bits per heavy atom. The summed E-state index contributed by atoms with van der Waals surface area (Å²) in [5.41, 5.74) is 4.08. The third kappa shape index (κ3) is 4.72. The standard InChI is InChI=1S/C22H24BrNO3/c1-3-4-5-6-16-13-24-20-8-7-17(12-18(16)20)27-22-14(2)9-15(10-19(22)23)11-21(25)26/h7-10,12-13,24H,3-6,11H2,1-2H3,(H,25,26). The Morgan fingerprint density at radius 1 is 1.22 bits per heavy atom. The summed E-state index contributed by atoms with van der Waals surface area (Å²) in [5.74, 6) is 0.642. The minimum Gasteiger partial charge on any atom is -0.481 e. The minimum absolute atomic E-state index is 0.00382. The molecule has 0 aliphatic rings. The molecule has 5 heteroatoms. The number of aromatic amines is 1. The molecule has 0 aliphatic heterocycles. The van der Waals surface area contributed by atoms with Gasteiger partial charge in [-0.25, -0.2) is 0 Å². The lowest BCUT2D eigenvalue weighted by molar-refractivity contribution is -0.136. The number of aromatic nitrogens is 1. The minimum atomic E-state index is -0.844. The summed E-state index contributed by atoms with van der Waals surface area (Å²) in [7, 11) is 0. The van der Waals surface area contributed by atoms with Crippen LogP contribution in [0.4, 0.5) is 0 Å². The number of hydrogen-bond donors (Lipinski definition) is 2. The first-order valence-corrected chi connectivity index (χ1v) is 10.1. The molecule has 2 aromatic carbocycles. The molecule has 0 bridgehead atoms. The Labute approximate surface area is 167 Å². The van der Waals surface area contributed by atoms with Gasteiger partial charge in [0.2, 0.25) is 0 Å². The first kappa shape index (κ1) is 19.5. The molecule has 0 unspecified atom stereocenters. The Kier molecular flexibility index (Phi) is 6.22. The van der Waals surface area contributed by atoms with Crippen molar-refractivity contribution < 1.29 is 14.6 Å². The maximum atomic E-state index is 10.9. The van der Waals surface area contributed by atoms with Crippen molar-refractivity contribution in [2.75, 3.05) is 0 Å². The smallest absolute Gasteiger partial charge is 0.307 e. The van der Waals surface area contributed by atoms with E-state index in [0.717, 1.165) is 33.3 Å². The molecule has 0 saturated carbocycles. The third-order valence-electron chi connectivity index (χ3n) is 4.65. The maximum Gasteiger partial charge on any atom is 0.307 e. The normalized spacial score (nSPS) is 11.1. The highest BCUT2D eigenvalue weighted by atomic mass is 79.9. The van der Waals surface area contributed by atoms with Crippen LogP contribution in [0.1, 0.15) is 42.9 Å². The third-order valence-corrected chi connectivity index (χ3v) is 5.24. The van der Waals surface area contributed by atoms with Crippen molar-refractivity contribution >= 4 is 32.8 Å². The number of H-pyrrole nitrogens is 1. The van der Waals surface area contributed by atoms with E-state index in [1.165, 1.54) is 30.2 Å². The van der Waals surface area contributed by atoms with Gasteiger partial charge in [-0.15, -0.1) is 0 Å². The summed E-state index contributed by atoms with van der Waals surface area (Å²) in [5, 5.41) is 10.2. The van der Waals surface area contributed by atoms with E-state index in [1.54, 1.807) is 6.07 Å². The van der Waals surface area contributed by atoms with Crippen LogP contribution in [0.2, 0.25) is 0 Å². The van der Waals surface area contributed by atoms with Gasteiger partial charge >= 0.3 is 5.97 Å². The van der Waals surface area contributed by atoms with E-state index in [4.69, 9.17) is 9.84 Å². The lowest BCUT2D eigenvalue weighted by Crippen LogP contribution is -2.01. The van der Waals surface area contributed by atoms with E-state index >= 15 is 0 Å². The van der Waals surface area contributed by atoms with Crippen LogP contribution in [0.5, 0.6) is 11.5 Å². The number of fused-ring (bicyclic) bond motifs is 1. The lowest BCUT2D eigenvalue weighted by Gasteiger charge is -2.13. The van der Waals surface area contributed by atoms with Gasteiger partial charge in [-0.1, -0.05) is 25.8 Å². The molecule has 2 N–H and O–H groups in total. The maximum absolute atomic E-state index is 10.9. The lowest BCUT2D eigenvalue weighted by atomic mass is 10.1. The van der Waals surface area contributed by atoms with E-state index in [9.17, 15) is 4.79 Å². The van der Waals surface area contributed by atoms with Gasteiger partial charge in [-0.2, -0.15) is 0 Å². The highest BCUT2D eigenvalue weighted by Gasteiger charge is 2.12. The topological polar surface area (TPSA) is 62.3 Å². The molecular formula is C22H24BrNO3. The van der Waals surface area contributed by atoms with Gasteiger partial charge in [0, 0.05) is 17.1 Å². The SMILES string of the molecule is CCCCCc1c[nH]c2ccc(Oc3c(C)cc(CC(=O)O)cc3Br)cc12. The molecular weight excluding hydrogens is 406 g/mol. The molecule has 0 fully saturated rings. The first-order valence-electron chi connectivity index (χ1n) is 9.26. The molecule has 142 valence electrons. The second-order valence-electron chi connectivity index (χ2n) is 6.87. The number of nitrogens with one attached hydrogen (secondary N) is 1. The quantitative estimate of drug-likeness (QED) is 0.407. The Bertz CT molecular complexity index is 938. The zero-order chi connectivity index (χ0) is 19.4. The van der Waals surface area contributed by atoms with Gasteiger partial charge in [0.1, 0.15) is 11.5 Å². The number of carbonyl (C=O) groups is 1. The number of hydrogen-bond acceptors (Lipinski definition) is 2. The number of aliphatic carboxylic acids is 1. The Morgan fingerprint density at radius 2 is 2.04 bits per heavy atom. The molecule has 1 aromatic heterocycles. The van der Waals surface area contributed by atoms with Crippen LogP contribution in [0.25, 0.3) is 10.9 Å². The van der Waals surface area contributed by atoms with Crippen molar-refractivity contribution in [3.63, 3.8) is 0 Å². The fourth-order valence-electron chi connectivity index (χ4n) is 3.32. The van der Waals surface area contributed by atoms with Crippen LogP contribution < -0.4 is 4.74 Å². The van der Waals surface area contributed by atoms with Gasteiger partial charge in [0.25, 0.3) is 0 Å². The molecule has 3 aromatic rings. The van der Waals surface area contributed by atoms with E-state index in [1.807, 2.05) is 25.1 Å². The summed E-state index contributed by atoms with van der Waals surface area (Å²) in [4.78, 5) is 14.3. The van der Waals surface area contributed by atoms with Crippen LogP contribution in [0, 0.1) is 6.92 Å². The number of unbranched alkanes of at least 4 members (excludes halogenated alkanes) is 2. The molecule has 27 heavy (non-hydrogen) atoms. The zero-order valence-electron chi connectivity index (χ0n) is 15.6. The predicted octanol–water partition coefficient (Wildman–Crippen LogP) is 6.39. The van der Waals surface area contributed by atoms with Gasteiger partial charge < -0.3 is 14.8 Å². The van der Waals surface area contributed by atoms with Crippen LogP contribution in [-0.4, -0.2) is 16.1 Å². The summed E-state index contributed by atoms with van der Waals surface area (Å²) >= 11 is 3.52. The van der Waals surface area contributed by atoms with Crippen LogP contribution >= 0.6 is 15.9 Å². The van der Waals surface area contributed by atoms with Crippen molar-refractivity contribution in [3.8, 4) is 11.5 Å².